The van der Waals surface area contributed by atoms with E-state index in [4.69, 9.17) is 27.9 Å². The minimum Gasteiger partial charge on any atom is -0.459 e. The van der Waals surface area contributed by atoms with Gasteiger partial charge < -0.3 is 14.7 Å². The van der Waals surface area contributed by atoms with Crippen LogP contribution in [0.2, 0.25) is 10.0 Å². The van der Waals surface area contributed by atoms with Crippen molar-refractivity contribution in [2.75, 3.05) is 6.54 Å². The summed E-state index contributed by atoms with van der Waals surface area (Å²) in [5.74, 6) is -1.63. The molecule has 0 bridgehead atoms. The van der Waals surface area contributed by atoms with Crippen molar-refractivity contribution in [3.63, 3.8) is 0 Å². The maximum Gasteiger partial charge on any atom is 0.416 e. The van der Waals surface area contributed by atoms with Crippen LogP contribution >= 0.6 is 23.2 Å². The molecule has 42 heavy (non-hydrogen) atoms. The first-order valence-electron chi connectivity index (χ1n) is 12.6. The Balaban J connectivity index is 1.72. The van der Waals surface area contributed by atoms with Gasteiger partial charge in [0.15, 0.2) is 0 Å². The highest BCUT2D eigenvalue weighted by Crippen LogP contribution is 2.37. The monoisotopic (exact) mass is 620 g/mol. The lowest BCUT2D eigenvalue weighted by Crippen LogP contribution is -2.55. The molecule has 0 unspecified atom stereocenters. The molecule has 1 heterocycles. The summed E-state index contributed by atoms with van der Waals surface area (Å²) in [5.41, 5.74) is -2.21. The standard InChI is InChI=1S/C29H25Cl2F3N4O4/c1-19(28(41,16-37-18-35-17-36-37)24-12-11-23(30)13-25(24)31)38(14-26(39)42-15-20-5-3-2-4-6-20)27(40)21-7-9-22(10-8-21)29(32,33)34/h2-13,17-19,41H,14-16H2,1H3/t19-,28-/m1/s1. The second kappa shape index (κ2) is 12.9. The van der Waals surface area contributed by atoms with Gasteiger partial charge in [-0.25, -0.2) is 9.67 Å². The molecule has 1 N–H and O–H groups in total. The molecule has 0 saturated heterocycles. The van der Waals surface area contributed by atoms with Crippen LogP contribution in [0, 0.1) is 0 Å². The Morgan fingerprint density at radius 1 is 1.05 bits per heavy atom. The number of nitrogens with zero attached hydrogens (tertiary/aromatic N) is 4. The van der Waals surface area contributed by atoms with E-state index in [9.17, 15) is 27.9 Å². The van der Waals surface area contributed by atoms with E-state index < -0.39 is 41.8 Å². The smallest absolute Gasteiger partial charge is 0.416 e. The van der Waals surface area contributed by atoms with Crippen LogP contribution in [-0.4, -0.2) is 49.2 Å². The molecule has 0 aliphatic heterocycles. The molecule has 8 nitrogen and oxygen atoms in total. The zero-order valence-corrected chi connectivity index (χ0v) is 23.6. The molecular formula is C29H25Cl2F3N4O4. The molecule has 4 rings (SSSR count). The topological polar surface area (TPSA) is 97.6 Å². The van der Waals surface area contributed by atoms with E-state index in [1.807, 2.05) is 0 Å². The van der Waals surface area contributed by atoms with Gasteiger partial charge in [-0.05, 0) is 48.9 Å². The van der Waals surface area contributed by atoms with Crippen molar-refractivity contribution in [3.05, 3.63) is 118 Å². The summed E-state index contributed by atoms with van der Waals surface area (Å²) in [6.07, 6.45) is -2.02. The second-order valence-electron chi connectivity index (χ2n) is 9.47. The third-order valence-electron chi connectivity index (χ3n) is 6.69. The number of hydrogen-bond donors (Lipinski definition) is 1. The Morgan fingerprint density at radius 2 is 1.74 bits per heavy atom. The van der Waals surface area contributed by atoms with Crippen molar-refractivity contribution in [3.8, 4) is 0 Å². The number of amides is 1. The molecule has 2 atom stereocenters. The van der Waals surface area contributed by atoms with Crippen molar-refractivity contribution >= 4 is 35.1 Å². The van der Waals surface area contributed by atoms with Gasteiger partial charge in [0.1, 0.15) is 31.4 Å². The number of ether oxygens (including phenoxy) is 1. The molecule has 0 radical (unpaired) electrons. The summed E-state index contributed by atoms with van der Waals surface area (Å²) in [7, 11) is 0. The third-order valence-corrected chi connectivity index (χ3v) is 7.24. The van der Waals surface area contributed by atoms with Crippen LogP contribution < -0.4 is 0 Å². The zero-order chi connectivity index (χ0) is 30.5. The SMILES string of the molecule is C[C@@H](N(CC(=O)OCc1ccccc1)C(=O)c1ccc(C(F)(F)F)cc1)[C@](O)(Cn1cncn1)c1ccc(Cl)cc1Cl. The summed E-state index contributed by atoms with van der Waals surface area (Å²) < 4.78 is 46.2. The Morgan fingerprint density at radius 3 is 2.33 bits per heavy atom. The van der Waals surface area contributed by atoms with Crippen LogP contribution in [-0.2, 0) is 34.5 Å². The van der Waals surface area contributed by atoms with Gasteiger partial charge in [0.25, 0.3) is 5.91 Å². The lowest BCUT2D eigenvalue weighted by atomic mass is 9.85. The fraction of sp³-hybridized carbons (Fsp3) is 0.241. The van der Waals surface area contributed by atoms with Crippen LogP contribution in [0.1, 0.15) is 34.0 Å². The van der Waals surface area contributed by atoms with Crippen LogP contribution in [0.25, 0.3) is 0 Å². The first kappa shape index (κ1) is 31.0. The van der Waals surface area contributed by atoms with Crippen molar-refractivity contribution in [2.24, 2.45) is 0 Å². The lowest BCUT2D eigenvalue weighted by Gasteiger charge is -2.41. The van der Waals surface area contributed by atoms with E-state index >= 15 is 0 Å². The molecule has 220 valence electrons. The molecule has 0 aliphatic carbocycles. The zero-order valence-electron chi connectivity index (χ0n) is 22.1. The molecule has 3 aromatic carbocycles. The second-order valence-corrected chi connectivity index (χ2v) is 10.3. The largest absolute Gasteiger partial charge is 0.459 e. The number of carbonyl (C=O) groups excluding carboxylic acids is 2. The minimum atomic E-state index is -4.61. The van der Waals surface area contributed by atoms with Crippen molar-refractivity contribution in [1.29, 1.82) is 0 Å². The Labute approximate surface area is 249 Å². The van der Waals surface area contributed by atoms with Crippen LogP contribution in [0.5, 0.6) is 0 Å². The maximum atomic E-state index is 13.8. The van der Waals surface area contributed by atoms with Gasteiger partial charge in [-0.15, -0.1) is 0 Å². The molecule has 0 fully saturated rings. The molecule has 0 aliphatic rings. The summed E-state index contributed by atoms with van der Waals surface area (Å²) in [6, 6.07) is 15.6. The number of benzene rings is 3. The van der Waals surface area contributed by atoms with E-state index in [0.717, 1.165) is 29.2 Å². The summed E-state index contributed by atoms with van der Waals surface area (Å²) >= 11 is 12.6. The van der Waals surface area contributed by atoms with Gasteiger partial charge in [-0.2, -0.15) is 18.3 Å². The van der Waals surface area contributed by atoms with E-state index in [1.165, 1.54) is 42.5 Å². The van der Waals surface area contributed by atoms with Crippen LogP contribution in [0.3, 0.4) is 0 Å². The summed E-state index contributed by atoms with van der Waals surface area (Å²) in [6.45, 7) is 0.501. The Kier molecular flexibility index (Phi) is 9.55. The Bertz CT molecular complexity index is 1520. The molecule has 1 amide bonds. The first-order chi connectivity index (χ1) is 19.9. The lowest BCUT2D eigenvalue weighted by molar-refractivity contribution is -0.147. The third kappa shape index (κ3) is 7.28. The molecule has 0 saturated carbocycles. The van der Waals surface area contributed by atoms with Gasteiger partial charge in [0, 0.05) is 21.2 Å². The van der Waals surface area contributed by atoms with Gasteiger partial charge in [0.2, 0.25) is 0 Å². The average molecular weight is 621 g/mol. The number of halogens is 5. The maximum absolute atomic E-state index is 13.8. The number of alkyl halides is 3. The predicted molar refractivity (Wildman–Crippen MR) is 149 cm³/mol. The molecule has 4 aromatic rings. The van der Waals surface area contributed by atoms with Crippen molar-refractivity contribution in [2.45, 2.75) is 37.9 Å². The number of esters is 1. The van der Waals surface area contributed by atoms with E-state index in [-0.39, 0.29) is 29.3 Å². The molecule has 13 heteroatoms. The van der Waals surface area contributed by atoms with E-state index in [1.54, 1.807) is 30.3 Å². The summed E-state index contributed by atoms with van der Waals surface area (Å²) in [5, 5.41) is 16.6. The molecular weight excluding hydrogens is 596 g/mol. The highest BCUT2D eigenvalue weighted by atomic mass is 35.5. The number of aliphatic hydroxyl groups is 1. The van der Waals surface area contributed by atoms with Gasteiger partial charge in [-0.1, -0.05) is 59.6 Å². The quantitative estimate of drug-likeness (QED) is 0.226. The highest BCUT2D eigenvalue weighted by Gasteiger charge is 2.44. The van der Waals surface area contributed by atoms with Crippen molar-refractivity contribution < 1.29 is 32.6 Å². The van der Waals surface area contributed by atoms with Crippen molar-refractivity contribution in [1.82, 2.24) is 19.7 Å². The number of aromatic nitrogens is 3. The van der Waals surface area contributed by atoms with E-state index in [2.05, 4.69) is 10.1 Å². The fourth-order valence-electron chi connectivity index (χ4n) is 4.38. The highest BCUT2D eigenvalue weighted by molar-refractivity contribution is 6.35. The predicted octanol–water partition coefficient (Wildman–Crippen LogP) is 5.77. The van der Waals surface area contributed by atoms with Gasteiger partial charge >= 0.3 is 12.1 Å². The average Bonchev–Trinajstić information content (AvgIpc) is 3.47. The Hall–Kier alpha value is -3.93. The number of rotatable bonds is 10. The molecule has 1 aromatic heterocycles. The molecule has 0 spiro atoms. The van der Waals surface area contributed by atoms with Crippen LogP contribution in [0.4, 0.5) is 13.2 Å². The van der Waals surface area contributed by atoms with Gasteiger partial charge in [-0.3, -0.25) is 9.59 Å². The normalized spacial score (nSPS) is 13.7. The minimum absolute atomic E-state index is 0.0746. The first-order valence-corrected chi connectivity index (χ1v) is 13.3. The number of carbonyl (C=O) groups is 2. The van der Waals surface area contributed by atoms with E-state index in [0.29, 0.717) is 10.6 Å². The van der Waals surface area contributed by atoms with Crippen LogP contribution in [0.15, 0.2) is 85.5 Å². The summed E-state index contributed by atoms with van der Waals surface area (Å²) in [4.78, 5) is 31.8. The van der Waals surface area contributed by atoms with Gasteiger partial charge in [0.05, 0.1) is 18.2 Å². The fourth-order valence-corrected chi connectivity index (χ4v) is 4.95. The number of hydrogen-bond acceptors (Lipinski definition) is 6.